The number of para-hydroxylation sites is 1. The molecule has 1 aromatic heterocycles. The first kappa shape index (κ1) is 13.7. The Hall–Kier alpha value is -2.24. The van der Waals surface area contributed by atoms with Crippen molar-refractivity contribution < 1.29 is 8.42 Å². The SMILES string of the molecule is O=S(=O)(NCc1cnc2ccccc2c1)c1ccccc1. The minimum absolute atomic E-state index is 0.217. The van der Waals surface area contributed by atoms with Crippen molar-refractivity contribution in [3.63, 3.8) is 0 Å². The maximum absolute atomic E-state index is 12.1. The second-order valence-electron chi connectivity index (χ2n) is 4.67. The number of sulfonamides is 1. The van der Waals surface area contributed by atoms with Crippen LogP contribution in [0.1, 0.15) is 5.56 Å². The number of nitrogens with one attached hydrogen (secondary N) is 1. The normalized spacial score (nSPS) is 11.6. The fourth-order valence-corrected chi connectivity index (χ4v) is 3.11. The molecule has 21 heavy (non-hydrogen) atoms. The van der Waals surface area contributed by atoms with Gasteiger partial charge in [0.25, 0.3) is 0 Å². The first-order chi connectivity index (χ1) is 10.1. The van der Waals surface area contributed by atoms with Crippen LogP contribution in [0, 0.1) is 0 Å². The lowest BCUT2D eigenvalue weighted by Crippen LogP contribution is -2.23. The highest BCUT2D eigenvalue weighted by Gasteiger charge is 2.12. The van der Waals surface area contributed by atoms with Crippen molar-refractivity contribution in [2.24, 2.45) is 0 Å². The summed E-state index contributed by atoms with van der Waals surface area (Å²) in [6.07, 6.45) is 1.69. The molecule has 0 spiro atoms. The lowest BCUT2D eigenvalue weighted by molar-refractivity contribution is 0.581. The standard InChI is InChI=1S/C16H14N2O2S/c19-21(20,15-7-2-1-3-8-15)18-12-13-10-14-6-4-5-9-16(14)17-11-13/h1-11,18H,12H2. The zero-order valence-electron chi connectivity index (χ0n) is 11.2. The summed E-state index contributed by atoms with van der Waals surface area (Å²) >= 11 is 0. The highest BCUT2D eigenvalue weighted by molar-refractivity contribution is 7.89. The molecule has 5 heteroatoms. The first-order valence-corrected chi connectivity index (χ1v) is 8.02. The minimum Gasteiger partial charge on any atom is -0.256 e. The van der Waals surface area contributed by atoms with Crippen LogP contribution >= 0.6 is 0 Å². The third-order valence-electron chi connectivity index (χ3n) is 3.17. The Balaban J connectivity index is 1.80. The summed E-state index contributed by atoms with van der Waals surface area (Å²) in [6.45, 7) is 0.217. The van der Waals surface area contributed by atoms with Gasteiger partial charge in [0.1, 0.15) is 0 Å². The number of nitrogens with zero attached hydrogens (tertiary/aromatic N) is 1. The molecule has 0 radical (unpaired) electrons. The van der Waals surface area contributed by atoms with Gasteiger partial charge in [-0.1, -0.05) is 36.4 Å². The molecule has 106 valence electrons. The molecule has 0 amide bonds. The minimum atomic E-state index is -3.49. The van der Waals surface area contributed by atoms with Crippen molar-refractivity contribution in [1.82, 2.24) is 9.71 Å². The quantitative estimate of drug-likeness (QED) is 0.805. The van der Waals surface area contributed by atoms with Gasteiger partial charge in [-0.15, -0.1) is 0 Å². The Morgan fingerprint density at radius 2 is 1.67 bits per heavy atom. The predicted octanol–water partition coefficient (Wildman–Crippen LogP) is 2.71. The first-order valence-electron chi connectivity index (χ1n) is 6.53. The highest BCUT2D eigenvalue weighted by Crippen LogP contribution is 2.13. The topological polar surface area (TPSA) is 59.1 Å². The molecular formula is C16H14N2O2S. The van der Waals surface area contributed by atoms with Crippen LogP contribution in [0.3, 0.4) is 0 Å². The molecule has 0 aliphatic rings. The van der Waals surface area contributed by atoms with Gasteiger partial charge < -0.3 is 0 Å². The Morgan fingerprint density at radius 3 is 2.48 bits per heavy atom. The molecule has 1 N–H and O–H groups in total. The average molecular weight is 298 g/mol. The van der Waals surface area contributed by atoms with E-state index in [1.807, 2.05) is 30.3 Å². The number of rotatable bonds is 4. The third kappa shape index (κ3) is 3.09. The van der Waals surface area contributed by atoms with E-state index in [0.717, 1.165) is 16.5 Å². The van der Waals surface area contributed by atoms with E-state index >= 15 is 0 Å². The molecule has 0 unspecified atom stereocenters. The van der Waals surface area contributed by atoms with Gasteiger partial charge in [0.15, 0.2) is 0 Å². The van der Waals surface area contributed by atoms with Crippen LogP contribution in [0.25, 0.3) is 10.9 Å². The van der Waals surface area contributed by atoms with Crippen molar-refractivity contribution in [3.05, 3.63) is 72.4 Å². The van der Waals surface area contributed by atoms with Gasteiger partial charge in [0.05, 0.1) is 10.4 Å². The summed E-state index contributed by atoms with van der Waals surface area (Å²) in [7, 11) is -3.49. The van der Waals surface area contributed by atoms with Gasteiger partial charge in [-0.2, -0.15) is 0 Å². The second-order valence-corrected chi connectivity index (χ2v) is 6.44. The summed E-state index contributed by atoms with van der Waals surface area (Å²) in [5.74, 6) is 0. The monoisotopic (exact) mass is 298 g/mol. The molecule has 2 aromatic carbocycles. The van der Waals surface area contributed by atoms with E-state index in [9.17, 15) is 8.42 Å². The van der Waals surface area contributed by atoms with Crippen molar-refractivity contribution in [1.29, 1.82) is 0 Å². The fraction of sp³-hybridized carbons (Fsp3) is 0.0625. The highest BCUT2D eigenvalue weighted by atomic mass is 32.2. The Labute approximate surface area is 123 Å². The zero-order valence-corrected chi connectivity index (χ0v) is 12.0. The molecular weight excluding hydrogens is 284 g/mol. The van der Waals surface area contributed by atoms with Crippen molar-refractivity contribution in [2.45, 2.75) is 11.4 Å². The summed E-state index contributed by atoms with van der Waals surface area (Å²) in [5.41, 5.74) is 1.72. The molecule has 3 rings (SSSR count). The van der Waals surface area contributed by atoms with E-state index in [1.54, 1.807) is 36.5 Å². The van der Waals surface area contributed by atoms with E-state index in [4.69, 9.17) is 0 Å². The molecule has 0 saturated heterocycles. The molecule has 0 saturated carbocycles. The van der Waals surface area contributed by atoms with Crippen LogP contribution in [-0.2, 0) is 16.6 Å². The third-order valence-corrected chi connectivity index (χ3v) is 4.58. The van der Waals surface area contributed by atoms with Crippen molar-refractivity contribution in [2.75, 3.05) is 0 Å². The van der Waals surface area contributed by atoms with Gasteiger partial charge in [-0.3, -0.25) is 4.98 Å². The molecule has 0 fully saturated rings. The Bertz CT molecular complexity index is 862. The lowest BCUT2D eigenvalue weighted by atomic mass is 10.2. The lowest BCUT2D eigenvalue weighted by Gasteiger charge is -2.07. The van der Waals surface area contributed by atoms with Gasteiger partial charge in [-0.25, -0.2) is 13.1 Å². The molecule has 0 aliphatic carbocycles. The summed E-state index contributed by atoms with van der Waals surface area (Å²) in [6, 6.07) is 18.0. The van der Waals surface area contributed by atoms with E-state index < -0.39 is 10.0 Å². The van der Waals surface area contributed by atoms with Crippen molar-refractivity contribution in [3.8, 4) is 0 Å². The average Bonchev–Trinajstić information content (AvgIpc) is 2.54. The van der Waals surface area contributed by atoms with E-state index in [0.29, 0.717) is 0 Å². The predicted molar refractivity (Wildman–Crippen MR) is 82.2 cm³/mol. The van der Waals surface area contributed by atoms with Crippen LogP contribution in [0.4, 0.5) is 0 Å². The largest absolute Gasteiger partial charge is 0.256 e. The van der Waals surface area contributed by atoms with Crippen LogP contribution in [0.2, 0.25) is 0 Å². The van der Waals surface area contributed by atoms with Crippen LogP contribution in [0.5, 0.6) is 0 Å². The maximum Gasteiger partial charge on any atom is 0.240 e. The van der Waals surface area contributed by atoms with Crippen LogP contribution < -0.4 is 4.72 Å². The zero-order chi connectivity index (χ0) is 14.7. The Morgan fingerprint density at radius 1 is 0.952 bits per heavy atom. The van der Waals surface area contributed by atoms with Crippen molar-refractivity contribution >= 4 is 20.9 Å². The Kier molecular flexibility index (Phi) is 3.68. The van der Waals surface area contributed by atoms with Crippen LogP contribution in [0.15, 0.2) is 71.8 Å². The summed E-state index contributed by atoms with van der Waals surface area (Å²) < 4.78 is 26.9. The number of pyridine rings is 1. The molecule has 3 aromatic rings. The fourth-order valence-electron chi connectivity index (χ4n) is 2.07. The summed E-state index contributed by atoms with van der Waals surface area (Å²) in [4.78, 5) is 4.58. The van der Waals surface area contributed by atoms with Gasteiger partial charge in [-0.05, 0) is 29.8 Å². The number of benzene rings is 2. The number of hydrogen-bond donors (Lipinski definition) is 1. The maximum atomic E-state index is 12.1. The van der Waals surface area contributed by atoms with E-state index in [1.165, 1.54) is 0 Å². The van der Waals surface area contributed by atoms with Gasteiger partial charge in [0, 0.05) is 18.1 Å². The van der Waals surface area contributed by atoms with Crippen LogP contribution in [-0.4, -0.2) is 13.4 Å². The molecule has 0 aliphatic heterocycles. The molecule has 1 heterocycles. The van der Waals surface area contributed by atoms with Gasteiger partial charge >= 0.3 is 0 Å². The van der Waals surface area contributed by atoms with Gasteiger partial charge in [0.2, 0.25) is 10.0 Å². The molecule has 4 nitrogen and oxygen atoms in total. The molecule has 0 bridgehead atoms. The van der Waals surface area contributed by atoms with E-state index in [2.05, 4.69) is 9.71 Å². The summed E-state index contributed by atoms with van der Waals surface area (Å²) in [5, 5.41) is 0.994. The molecule has 0 atom stereocenters. The smallest absolute Gasteiger partial charge is 0.240 e. The van der Waals surface area contributed by atoms with E-state index in [-0.39, 0.29) is 11.4 Å². The number of hydrogen-bond acceptors (Lipinski definition) is 3. The number of fused-ring (bicyclic) bond motifs is 1. The number of aromatic nitrogens is 1. The second kappa shape index (κ2) is 5.63.